The first kappa shape index (κ1) is 27.7. The molecule has 0 bridgehead atoms. The number of piperidine rings is 1. The van der Waals surface area contributed by atoms with Gasteiger partial charge in [-0.1, -0.05) is 24.3 Å². The highest BCUT2D eigenvalue weighted by Gasteiger charge is 2.44. The number of rotatable bonds is 11. The van der Waals surface area contributed by atoms with Crippen LogP contribution >= 0.6 is 0 Å². The van der Waals surface area contributed by atoms with Crippen LogP contribution in [0.2, 0.25) is 0 Å². The predicted molar refractivity (Wildman–Crippen MR) is 143 cm³/mol. The van der Waals surface area contributed by atoms with Crippen LogP contribution in [0.25, 0.3) is 0 Å². The highest BCUT2D eigenvalue weighted by Crippen LogP contribution is 2.45. The number of likely N-dealkylation sites (tertiary alicyclic amines) is 1. The van der Waals surface area contributed by atoms with E-state index in [9.17, 15) is 18.7 Å². The molecule has 1 aliphatic heterocycles. The molecular formula is C31H35F2NO4. The molecule has 1 heterocycles. The van der Waals surface area contributed by atoms with Crippen LogP contribution in [0.1, 0.15) is 54.1 Å². The molecule has 1 saturated heterocycles. The van der Waals surface area contributed by atoms with Gasteiger partial charge >= 0.3 is 0 Å². The number of Topliss-reactive ketones (excluding diaryl/α,β-unsaturated/α-hetero) is 1. The standard InChI is InChI=1S/C31H35F2NO4/c1-22(36)24-5-14-29(30(19-24)37-2)38-18-4-3-16-34-17-15-23(21-35)20-31(34,25-6-10-27(32)11-7-25)26-8-12-28(33)13-9-26/h5-14,19,23,35H,3-4,15-18,20-21H2,1-2H3. The van der Waals surface area contributed by atoms with Crippen molar-refractivity contribution in [3.05, 3.63) is 95.1 Å². The van der Waals surface area contributed by atoms with Gasteiger partial charge in [-0.2, -0.15) is 0 Å². The molecule has 7 heteroatoms. The van der Waals surface area contributed by atoms with E-state index in [1.54, 1.807) is 49.6 Å². The number of methoxy groups -OCH3 is 1. The largest absolute Gasteiger partial charge is 0.493 e. The van der Waals surface area contributed by atoms with Crippen LogP contribution in [0, 0.1) is 17.6 Å². The molecule has 1 fully saturated rings. The Kier molecular flexibility index (Phi) is 9.13. The maximum absolute atomic E-state index is 13.9. The lowest BCUT2D eigenvalue weighted by molar-refractivity contribution is 0.0253. The summed E-state index contributed by atoms with van der Waals surface area (Å²) in [6.45, 7) is 3.55. The topological polar surface area (TPSA) is 59.0 Å². The van der Waals surface area contributed by atoms with Crippen LogP contribution in [0.15, 0.2) is 66.7 Å². The summed E-state index contributed by atoms with van der Waals surface area (Å²) >= 11 is 0. The Morgan fingerprint density at radius 1 is 0.974 bits per heavy atom. The van der Waals surface area contributed by atoms with Crippen molar-refractivity contribution < 1.29 is 28.2 Å². The molecule has 4 rings (SSSR count). The van der Waals surface area contributed by atoms with Gasteiger partial charge in [0, 0.05) is 12.2 Å². The first-order valence-electron chi connectivity index (χ1n) is 13.1. The van der Waals surface area contributed by atoms with Gasteiger partial charge in [-0.15, -0.1) is 0 Å². The van der Waals surface area contributed by atoms with Crippen molar-refractivity contribution in [3.8, 4) is 11.5 Å². The Morgan fingerprint density at radius 2 is 1.61 bits per heavy atom. The van der Waals surface area contributed by atoms with Crippen molar-refractivity contribution in [1.29, 1.82) is 0 Å². The van der Waals surface area contributed by atoms with Crippen molar-refractivity contribution in [2.45, 2.75) is 38.1 Å². The fourth-order valence-electron chi connectivity index (χ4n) is 5.45. The second-order valence-electron chi connectivity index (χ2n) is 9.88. The summed E-state index contributed by atoms with van der Waals surface area (Å²) in [6, 6.07) is 18.2. The summed E-state index contributed by atoms with van der Waals surface area (Å²) in [5.74, 6) is 0.533. The van der Waals surface area contributed by atoms with E-state index in [1.807, 2.05) is 0 Å². The molecule has 5 nitrogen and oxygen atoms in total. The van der Waals surface area contributed by atoms with Crippen LogP contribution in [0.3, 0.4) is 0 Å². The lowest BCUT2D eigenvalue weighted by Crippen LogP contribution is -2.53. The van der Waals surface area contributed by atoms with Crippen LogP contribution in [0.5, 0.6) is 11.5 Å². The third kappa shape index (κ3) is 6.05. The van der Waals surface area contributed by atoms with Crippen molar-refractivity contribution in [3.63, 3.8) is 0 Å². The molecule has 202 valence electrons. The number of hydrogen-bond acceptors (Lipinski definition) is 5. The molecule has 0 aliphatic carbocycles. The number of ether oxygens (including phenoxy) is 2. The van der Waals surface area contributed by atoms with Crippen LogP contribution in [-0.4, -0.2) is 49.2 Å². The van der Waals surface area contributed by atoms with Gasteiger partial charge in [0.2, 0.25) is 0 Å². The molecule has 3 aromatic rings. The van der Waals surface area contributed by atoms with Gasteiger partial charge in [-0.3, -0.25) is 9.69 Å². The third-order valence-corrected chi connectivity index (χ3v) is 7.48. The van der Waals surface area contributed by atoms with E-state index in [4.69, 9.17) is 9.47 Å². The second kappa shape index (κ2) is 12.5. The minimum Gasteiger partial charge on any atom is -0.493 e. The number of carbonyl (C=O) groups is 1. The highest BCUT2D eigenvalue weighted by atomic mass is 19.1. The Balaban J connectivity index is 1.51. The molecule has 38 heavy (non-hydrogen) atoms. The highest BCUT2D eigenvalue weighted by molar-refractivity contribution is 5.94. The Bertz CT molecular complexity index is 1170. The number of carbonyl (C=O) groups excluding carboxylic acids is 1. The van der Waals surface area contributed by atoms with Crippen LogP contribution in [0.4, 0.5) is 8.78 Å². The first-order valence-corrected chi connectivity index (χ1v) is 13.1. The average Bonchev–Trinajstić information content (AvgIpc) is 2.93. The summed E-state index contributed by atoms with van der Waals surface area (Å²) in [4.78, 5) is 14.0. The molecule has 0 saturated carbocycles. The Labute approximate surface area is 223 Å². The molecule has 1 atom stereocenters. The van der Waals surface area contributed by atoms with Crippen LogP contribution < -0.4 is 9.47 Å². The zero-order chi connectivity index (χ0) is 27.1. The lowest BCUT2D eigenvalue weighted by Gasteiger charge is -2.50. The Morgan fingerprint density at radius 3 is 2.16 bits per heavy atom. The van der Waals surface area contributed by atoms with Gasteiger partial charge < -0.3 is 14.6 Å². The number of unbranched alkanes of at least 4 members (excludes halogenated alkanes) is 1. The molecule has 0 radical (unpaired) electrons. The molecule has 0 spiro atoms. The molecule has 1 aliphatic rings. The first-order chi connectivity index (χ1) is 18.4. The normalized spacial score (nSPS) is 17.2. The molecule has 1 N–H and O–H groups in total. The summed E-state index contributed by atoms with van der Waals surface area (Å²) < 4.78 is 39.1. The van der Waals surface area contributed by atoms with E-state index < -0.39 is 5.54 Å². The number of ketones is 1. The van der Waals surface area contributed by atoms with E-state index in [1.165, 1.54) is 31.2 Å². The minimum absolute atomic E-state index is 0.0365. The molecule has 0 aromatic heterocycles. The zero-order valence-electron chi connectivity index (χ0n) is 22.0. The zero-order valence-corrected chi connectivity index (χ0v) is 22.0. The van der Waals surface area contributed by atoms with Crippen molar-refractivity contribution in [1.82, 2.24) is 4.90 Å². The van der Waals surface area contributed by atoms with E-state index >= 15 is 0 Å². The van der Waals surface area contributed by atoms with Crippen molar-refractivity contribution >= 4 is 5.78 Å². The van der Waals surface area contributed by atoms with Gasteiger partial charge in [0.15, 0.2) is 17.3 Å². The quantitative estimate of drug-likeness (QED) is 0.247. The summed E-state index contributed by atoms with van der Waals surface area (Å²) in [6.07, 6.45) is 3.11. The van der Waals surface area contributed by atoms with Crippen molar-refractivity contribution in [2.75, 3.05) is 33.4 Å². The smallest absolute Gasteiger partial charge is 0.161 e. The number of aliphatic hydroxyl groups is 1. The summed E-state index contributed by atoms with van der Waals surface area (Å²) in [7, 11) is 1.55. The summed E-state index contributed by atoms with van der Waals surface area (Å²) in [5, 5.41) is 10.1. The maximum Gasteiger partial charge on any atom is 0.161 e. The SMILES string of the molecule is COc1cc(C(C)=O)ccc1OCCCCN1CCC(CO)CC1(c1ccc(F)cc1)c1ccc(F)cc1. The fraction of sp³-hybridized carbons (Fsp3) is 0.387. The fourth-order valence-corrected chi connectivity index (χ4v) is 5.45. The number of aliphatic hydroxyl groups excluding tert-OH is 1. The van der Waals surface area contributed by atoms with Gasteiger partial charge in [-0.05, 0) is 105 Å². The maximum atomic E-state index is 13.9. The van der Waals surface area contributed by atoms with E-state index in [-0.39, 0.29) is 29.9 Å². The molecular weight excluding hydrogens is 488 g/mol. The predicted octanol–water partition coefficient (Wildman–Crippen LogP) is 5.98. The summed E-state index contributed by atoms with van der Waals surface area (Å²) in [5.41, 5.74) is 1.81. The van der Waals surface area contributed by atoms with Gasteiger partial charge in [0.1, 0.15) is 11.6 Å². The minimum atomic E-state index is -0.611. The molecule has 3 aromatic carbocycles. The van der Waals surface area contributed by atoms with Crippen molar-refractivity contribution in [2.24, 2.45) is 5.92 Å². The van der Waals surface area contributed by atoms with E-state index in [0.29, 0.717) is 30.1 Å². The third-order valence-electron chi connectivity index (χ3n) is 7.48. The molecule has 0 amide bonds. The Hall–Kier alpha value is -3.29. The second-order valence-corrected chi connectivity index (χ2v) is 9.88. The van der Waals surface area contributed by atoms with E-state index in [2.05, 4.69) is 4.90 Å². The van der Waals surface area contributed by atoms with Gasteiger partial charge in [-0.25, -0.2) is 8.78 Å². The number of benzene rings is 3. The van der Waals surface area contributed by atoms with Gasteiger partial charge in [0.25, 0.3) is 0 Å². The average molecular weight is 524 g/mol. The number of halogens is 2. The lowest BCUT2D eigenvalue weighted by atomic mass is 9.71. The van der Waals surface area contributed by atoms with Crippen LogP contribution in [-0.2, 0) is 5.54 Å². The number of nitrogens with zero attached hydrogens (tertiary/aromatic N) is 1. The van der Waals surface area contributed by atoms with E-state index in [0.717, 1.165) is 43.5 Å². The monoisotopic (exact) mass is 523 g/mol. The van der Waals surface area contributed by atoms with Gasteiger partial charge in [0.05, 0.1) is 19.3 Å². The number of hydrogen-bond donors (Lipinski definition) is 1. The molecule has 1 unspecified atom stereocenters.